The van der Waals surface area contributed by atoms with Crippen molar-refractivity contribution in [3.63, 3.8) is 0 Å². The van der Waals surface area contributed by atoms with Crippen LogP contribution in [0, 0.1) is 13.8 Å². The maximum atomic E-state index is 12.7. The molecule has 0 aliphatic carbocycles. The number of unbranched alkanes of at least 4 members (excludes halogenated alkanes) is 1. The van der Waals surface area contributed by atoms with Gasteiger partial charge < -0.3 is 14.6 Å². The lowest BCUT2D eigenvalue weighted by molar-refractivity contribution is -0.121. The van der Waals surface area contributed by atoms with Crippen molar-refractivity contribution in [1.82, 2.24) is 10.2 Å². The van der Waals surface area contributed by atoms with Gasteiger partial charge in [0.1, 0.15) is 11.5 Å². The largest absolute Gasteiger partial charge is 0.466 e. The van der Waals surface area contributed by atoms with Gasteiger partial charge in [0.2, 0.25) is 5.91 Å². The van der Waals surface area contributed by atoms with Crippen LogP contribution in [0.2, 0.25) is 0 Å². The Labute approximate surface area is 133 Å². The van der Waals surface area contributed by atoms with Crippen molar-refractivity contribution >= 4 is 11.8 Å². The predicted octanol–water partition coefficient (Wildman–Crippen LogP) is 3.05. The molecule has 0 spiro atoms. The molecule has 1 heterocycles. The molecular formula is C17H28N2O3. The first kappa shape index (κ1) is 18.3. The average molecular weight is 308 g/mol. The quantitative estimate of drug-likeness (QED) is 0.803. The van der Waals surface area contributed by atoms with Crippen LogP contribution in [0.25, 0.3) is 0 Å². The molecule has 5 heteroatoms. The van der Waals surface area contributed by atoms with Gasteiger partial charge in [-0.3, -0.25) is 9.59 Å². The Morgan fingerprint density at radius 2 is 1.95 bits per heavy atom. The summed E-state index contributed by atoms with van der Waals surface area (Å²) in [6.45, 7) is 10.7. The van der Waals surface area contributed by atoms with Crippen LogP contribution in [-0.2, 0) is 4.79 Å². The van der Waals surface area contributed by atoms with E-state index < -0.39 is 0 Å². The molecule has 0 unspecified atom stereocenters. The molecule has 0 aliphatic heterocycles. The molecule has 0 fully saturated rings. The van der Waals surface area contributed by atoms with E-state index in [9.17, 15) is 9.59 Å². The average Bonchev–Trinajstić information content (AvgIpc) is 2.76. The fraction of sp³-hybridized carbons (Fsp3) is 0.647. The van der Waals surface area contributed by atoms with Crippen LogP contribution in [0.15, 0.2) is 10.5 Å². The Kier molecular flexibility index (Phi) is 7.15. The van der Waals surface area contributed by atoms with Crippen molar-refractivity contribution in [2.24, 2.45) is 0 Å². The Balaban J connectivity index is 2.73. The van der Waals surface area contributed by atoms with Crippen LogP contribution >= 0.6 is 0 Å². The fourth-order valence-electron chi connectivity index (χ4n) is 2.31. The van der Waals surface area contributed by atoms with Gasteiger partial charge in [-0.05, 0) is 40.2 Å². The fourth-order valence-corrected chi connectivity index (χ4v) is 2.31. The zero-order chi connectivity index (χ0) is 16.7. The van der Waals surface area contributed by atoms with E-state index in [2.05, 4.69) is 12.2 Å². The molecule has 22 heavy (non-hydrogen) atoms. The molecule has 2 amide bonds. The van der Waals surface area contributed by atoms with Crippen LogP contribution in [0.4, 0.5) is 0 Å². The van der Waals surface area contributed by atoms with Gasteiger partial charge in [-0.15, -0.1) is 0 Å². The SMILES string of the molecule is CCCCN(CCC(=O)NC(C)C)C(=O)c1cc(C)oc1C. The summed E-state index contributed by atoms with van der Waals surface area (Å²) in [7, 11) is 0. The number of hydrogen-bond acceptors (Lipinski definition) is 3. The van der Waals surface area contributed by atoms with Gasteiger partial charge in [0.05, 0.1) is 5.56 Å². The van der Waals surface area contributed by atoms with Gasteiger partial charge in [-0.25, -0.2) is 0 Å². The van der Waals surface area contributed by atoms with E-state index in [-0.39, 0.29) is 17.9 Å². The molecule has 0 aromatic carbocycles. The van der Waals surface area contributed by atoms with Gasteiger partial charge in [0, 0.05) is 25.6 Å². The van der Waals surface area contributed by atoms with E-state index in [0.29, 0.717) is 30.8 Å². The number of hydrogen-bond donors (Lipinski definition) is 1. The molecule has 0 radical (unpaired) electrons. The first-order valence-corrected chi connectivity index (χ1v) is 8.00. The summed E-state index contributed by atoms with van der Waals surface area (Å²) in [5.41, 5.74) is 0.595. The molecule has 0 saturated heterocycles. The van der Waals surface area contributed by atoms with Crippen LogP contribution in [0.1, 0.15) is 61.9 Å². The lowest BCUT2D eigenvalue weighted by Gasteiger charge is -2.22. The van der Waals surface area contributed by atoms with Gasteiger partial charge in [0.15, 0.2) is 0 Å². The highest BCUT2D eigenvalue weighted by molar-refractivity contribution is 5.95. The summed E-state index contributed by atoms with van der Waals surface area (Å²) < 4.78 is 5.44. The predicted molar refractivity (Wildman–Crippen MR) is 86.9 cm³/mol. The smallest absolute Gasteiger partial charge is 0.257 e. The molecule has 5 nitrogen and oxygen atoms in total. The van der Waals surface area contributed by atoms with E-state index in [4.69, 9.17) is 4.42 Å². The molecule has 1 N–H and O–H groups in total. The number of carbonyl (C=O) groups excluding carboxylic acids is 2. The molecule has 124 valence electrons. The molecule has 1 rings (SSSR count). The molecule has 0 saturated carbocycles. The summed E-state index contributed by atoms with van der Waals surface area (Å²) in [6, 6.07) is 1.89. The lowest BCUT2D eigenvalue weighted by atomic mass is 10.2. The third kappa shape index (κ3) is 5.54. The number of furan rings is 1. The maximum Gasteiger partial charge on any atom is 0.257 e. The van der Waals surface area contributed by atoms with Gasteiger partial charge in [0.25, 0.3) is 5.91 Å². The highest BCUT2D eigenvalue weighted by Gasteiger charge is 2.20. The monoisotopic (exact) mass is 308 g/mol. The zero-order valence-corrected chi connectivity index (χ0v) is 14.4. The number of aryl methyl sites for hydroxylation is 2. The van der Waals surface area contributed by atoms with Crippen molar-refractivity contribution < 1.29 is 14.0 Å². The first-order chi connectivity index (χ1) is 10.3. The lowest BCUT2D eigenvalue weighted by Crippen LogP contribution is -2.37. The Morgan fingerprint density at radius 3 is 2.45 bits per heavy atom. The minimum absolute atomic E-state index is 0.0237. The van der Waals surface area contributed by atoms with E-state index in [0.717, 1.165) is 18.6 Å². The van der Waals surface area contributed by atoms with Crippen LogP contribution < -0.4 is 5.32 Å². The van der Waals surface area contributed by atoms with Gasteiger partial charge in [-0.1, -0.05) is 13.3 Å². The molecule has 0 aliphatic rings. The minimum Gasteiger partial charge on any atom is -0.466 e. The van der Waals surface area contributed by atoms with Crippen LogP contribution in [-0.4, -0.2) is 35.8 Å². The second kappa shape index (κ2) is 8.61. The summed E-state index contributed by atoms with van der Waals surface area (Å²) in [5, 5.41) is 2.85. The summed E-state index contributed by atoms with van der Waals surface area (Å²) in [5.74, 6) is 1.29. The standard InChI is InChI=1S/C17H28N2O3/c1-6-7-9-19(10-8-16(20)18-12(2)3)17(21)15-11-13(4)22-14(15)5/h11-12H,6-10H2,1-5H3,(H,18,20). The summed E-state index contributed by atoms with van der Waals surface area (Å²) >= 11 is 0. The number of amides is 2. The minimum atomic E-state index is -0.0554. The zero-order valence-electron chi connectivity index (χ0n) is 14.4. The van der Waals surface area contributed by atoms with Gasteiger partial charge in [-0.2, -0.15) is 0 Å². The summed E-state index contributed by atoms with van der Waals surface area (Å²) in [4.78, 5) is 26.2. The Hall–Kier alpha value is -1.78. The van der Waals surface area contributed by atoms with Crippen molar-refractivity contribution in [3.8, 4) is 0 Å². The van der Waals surface area contributed by atoms with E-state index in [1.165, 1.54) is 0 Å². The summed E-state index contributed by atoms with van der Waals surface area (Å²) in [6.07, 6.45) is 2.25. The number of nitrogens with one attached hydrogen (secondary N) is 1. The highest BCUT2D eigenvalue weighted by Crippen LogP contribution is 2.16. The number of nitrogens with zero attached hydrogens (tertiary/aromatic N) is 1. The van der Waals surface area contributed by atoms with E-state index >= 15 is 0 Å². The van der Waals surface area contributed by atoms with E-state index in [1.807, 2.05) is 20.8 Å². The van der Waals surface area contributed by atoms with Crippen LogP contribution in [0.5, 0.6) is 0 Å². The molecule has 0 atom stereocenters. The topological polar surface area (TPSA) is 62.6 Å². The van der Waals surface area contributed by atoms with Crippen molar-refractivity contribution in [2.75, 3.05) is 13.1 Å². The van der Waals surface area contributed by atoms with Crippen molar-refractivity contribution in [2.45, 2.75) is 59.9 Å². The Morgan fingerprint density at radius 1 is 1.27 bits per heavy atom. The van der Waals surface area contributed by atoms with E-state index in [1.54, 1.807) is 17.9 Å². The highest BCUT2D eigenvalue weighted by atomic mass is 16.3. The second-order valence-electron chi connectivity index (χ2n) is 5.94. The van der Waals surface area contributed by atoms with Gasteiger partial charge >= 0.3 is 0 Å². The first-order valence-electron chi connectivity index (χ1n) is 8.00. The Bertz CT molecular complexity index is 506. The number of rotatable bonds is 8. The third-order valence-corrected chi connectivity index (χ3v) is 3.40. The third-order valence-electron chi connectivity index (χ3n) is 3.40. The van der Waals surface area contributed by atoms with Crippen LogP contribution in [0.3, 0.4) is 0 Å². The number of carbonyl (C=O) groups is 2. The normalized spacial score (nSPS) is 10.8. The van der Waals surface area contributed by atoms with Crippen molar-refractivity contribution in [3.05, 3.63) is 23.2 Å². The maximum absolute atomic E-state index is 12.7. The molecule has 0 bridgehead atoms. The molecule has 1 aromatic heterocycles. The molecule has 1 aromatic rings. The second-order valence-corrected chi connectivity index (χ2v) is 5.94. The van der Waals surface area contributed by atoms with Crippen molar-refractivity contribution in [1.29, 1.82) is 0 Å². The molecular weight excluding hydrogens is 280 g/mol.